The van der Waals surface area contributed by atoms with Gasteiger partial charge < -0.3 is 24.7 Å². The van der Waals surface area contributed by atoms with E-state index in [-0.39, 0.29) is 11.5 Å². The second kappa shape index (κ2) is 23.3. The van der Waals surface area contributed by atoms with Crippen LogP contribution < -0.4 is 15.4 Å². The molecule has 3 N–H and O–H groups in total. The van der Waals surface area contributed by atoms with Gasteiger partial charge in [-0.2, -0.15) is 0 Å². The standard InChI is InChI=1S/C21H31N5OS.C5H12.C2H6O.2C2H6/c1-8-16(11-9-14(2)23-20(22)27)28-26(7)15-10-12-18-17(13-15)24-19(25(18)6)21(3,4)5;1-4-5(2)3;1-3-2;2*1-2/h8-14H,1-7H3,(H3,22,23,27);5H,4H2,1-3H3;1-2H3;2*1-2H3/b11-9-,16-8+;;;;. The second-order valence-electron chi connectivity index (χ2n) is 10.1. The molecule has 0 aliphatic heterocycles. The molecule has 1 atom stereocenters. The number of hydrogen-bond donors (Lipinski definition) is 2. The van der Waals surface area contributed by atoms with Gasteiger partial charge in [-0.25, -0.2) is 9.78 Å². The van der Waals surface area contributed by atoms with Crippen LogP contribution >= 0.6 is 11.9 Å². The number of nitrogens with zero attached hydrogens (tertiary/aromatic N) is 3. The number of carbonyl (C=O) groups is 1. The minimum absolute atomic E-state index is 0.00681. The first-order valence-corrected chi connectivity index (χ1v) is 15.2. The molecule has 0 bridgehead atoms. The smallest absolute Gasteiger partial charge is 0.312 e. The number of ether oxygens (including phenoxy) is 1. The van der Waals surface area contributed by atoms with E-state index in [9.17, 15) is 4.79 Å². The third kappa shape index (κ3) is 17.3. The van der Waals surface area contributed by atoms with E-state index in [0.29, 0.717) is 0 Å². The lowest BCUT2D eigenvalue weighted by Gasteiger charge is -2.18. The van der Waals surface area contributed by atoms with Crippen molar-refractivity contribution in [2.24, 2.45) is 18.7 Å². The van der Waals surface area contributed by atoms with E-state index in [1.807, 2.05) is 66.8 Å². The first-order chi connectivity index (χ1) is 18.7. The SMILES string of the molecule is C/C=C(\C=C/C(C)NC(N)=O)SN(C)c1ccc2c(c1)nc(C(C)(C)C)n2C.CC.CC.CCC(C)C.COC. The van der Waals surface area contributed by atoms with Gasteiger partial charge in [0.15, 0.2) is 0 Å². The molecule has 0 spiro atoms. The Kier molecular flexibility index (Phi) is 24.5. The number of amides is 2. The summed E-state index contributed by atoms with van der Waals surface area (Å²) in [6.07, 6.45) is 7.24. The minimum atomic E-state index is -0.526. The van der Waals surface area contributed by atoms with Crippen LogP contribution in [0, 0.1) is 5.92 Å². The minimum Gasteiger partial charge on any atom is -0.388 e. The first-order valence-electron chi connectivity index (χ1n) is 14.4. The molecule has 2 amide bonds. The average Bonchev–Trinajstić information content (AvgIpc) is 3.25. The highest BCUT2D eigenvalue weighted by molar-refractivity contribution is 8.04. The Morgan fingerprint density at radius 3 is 2.08 bits per heavy atom. The predicted octanol–water partition coefficient (Wildman–Crippen LogP) is 8.84. The third-order valence-electron chi connectivity index (χ3n) is 5.16. The summed E-state index contributed by atoms with van der Waals surface area (Å²) in [6, 6.07) is 5.69. The molecule has 0 aliphatic rings. The number of allylic oxidation sites excluding steroid dienone is 2. The van der Waals surface area contributed by atoms with E-state index in [2.05, 4.69) is 85.7 Å². The molecule has 2 aromatic rings. The number of nitrogens with two attached hydrogens (primary N) is 1. The van der Waals surface area contributed by atoms with E-state index >= 15 is 0 Å². The predicted molar refractivity (Wildman–Crippen MR) is 181 cm³/mol. The fourth-order valence-electron chi connectivity index (χ4n) is 2.96. The third-order valence-corrected chi connectivity index (χ3v) is 6.23. The van der Waals surface area contributed by atoms with Gasteiger partial charge in [-0.3, -0.25) is 0 Å². The zero-order valence-corrected chi connectivity index (χ0v) is 29.3. The van der Waals surface area contributed by atoms with Crippen molar-refractivity contribution in [2.75, 3.05) is 25.6 Å². The number of urea groups is 1. The van der Waals surface area contributed by atoms with Crippen LogP contribution in [0.15, 0.2) is 41.3 Å². The molecule has 232 valence electrons. The van der Waals surface area contributed by atoms with Crippen LogP contribution in [-0.2, 0) is 17.2 Å². The number of fused-ring (bicyclic) bond motifs is 1. The molecule has 8 heteroatoms. The van der Waals surface area contributed by atoms with Gasteiger partial charge in [-0.15, -0.1) is 0 Å². The molecule has 0 fully saturated rings. The molecule has 1 aromatic carbocycles. The first kappa shape index (κ1) is 42.0. The van der Waals surface area contributed by atoms with Crippen LogP contribution in [0.25, 0.3) is 11.0 Å². The van der Waals surface area contributed by atoms with E-state index in [1.54, 1.807) is 26.2 Å². The van der Waals surface area contributed by atoms with E-state index in [4.69, 9.17) is 10.7 Å². The van der Waals surface area contributed by atoms with Crippen molar-refractivity contribution in [2.45, 2.75) is 101 Å². The molecular formula is C32H61N5O2S. The van der Waals surface area contributed by atoms with Gasteiger partial charge in [0.05, 0.1) is 11.0 Å². The number of aryl methyl sites for hydroxylation is 1. The van der Waals surface area contributed by atoms with Gasteiger partial charge in [0.2, 0.25) is 0 Å². The van der Waals surface area contributed by atoms with Crippen molar-refractivity contribution in [1.82, 2.24) is 14.9 Å². The lowest BCUT2D eigenvalue weighted by Crippen LogP contribution is -2.35. The summed E-state index contributed by atoms with van der Waals surface area (Å²) in [6.45, 7) is 25.0. The Morgan fingerprint density at radius 1 is 1.18 bits per heavy atom. The molecule has 7 nitrogen and oxygen atoms in total. The summed E-state index contributed by atoms with van der Waals surface area (Å²) in [5.41, 5.74) is 8.35. The van der Waals surface area contributed by atoms with Crippen molar-refractivity contribution in [3.05, 3.63) is 47.2 Å². The van der Waals surface area contributed by atoms with Crippen molar-refractivity contribution in [3.8, 4) is 0 Å². The lowest BCUT2D eigenvalue weighted by atomic mass is 9.96. The molecule has 40 heavy (non-hydrogen) atoms. The average molecular weight is 580 g/mol. The van der Waals surface area contributed by atoms with Gasteiger partial charge in [-0.05, 0) is 56.0 Å². The molecule has 0 saturated carbocycles. The van der Waals surface area contributed by atoms with Crippen molar-refractivity contribution >= 4 is 34.7 Å². The number of nitrogens with one attached hydrogen (secondary N) is 1. The molecule has 1 heterocycles. The Balaban J connectivity index is -0.000000976. The number of methoxy groups -OCH3 is 1. The summed E-state index contributed by atoms with van der Waals surface area (Å²) < 4.78 is 8.52. The van der Waals surface area contributed by atoms with Crippen LogP contribution in [-0.4, -0.2) is 42.9 Å². The summed E-state index contributed by atoms with van der Waals surface area (Å²) in [4.78, 5) is 16.8. The number of hydrogen-bond acceptors (Lipinski definition) is 5. The Hall–Kier alpha value is -2.45. The number of anilines is 1. The van der Waals surface area contributed by atoms with Crippen molar-refractivity contribution < 1.29 is 9.53 Å². The van der Waals surface area contributed by atoms with Crippen LogP contribution in [0.5, 0.6) is 0 Å². The van der Waals surface area contributed by atoms with Gasteiger partial charge >= 0.3 is 6.03 Å². The van der Waals surface area contributed by atoms with Crippen LogP contribution in [0.3, 0.4) is 0 Å². The molecular weight excluding hydrogens is 518 g/mol. The van der Waals surface area contributed by atoms with Gasteiger partial charge in [0.25, 0.3) is 0 Å². The maximum absolute atomic E-state index is 10.9. The molecule has 1 unspecified atom stereocenters. The number of carbonyl (C=O) groups excluding carboxylic acids is 1. The summed E-state index contributed by atoms with van der Waals surface area (Å²) in [5.74, 6) is 1.96. The van der Waals surface area contributed by atoms with Gasteiger partial charge in [-0.1, -0.05) is 87.8 Å². The second-order valence-corrected chi connectivity index (χ2v) is 11.3. The normalized spacial score (nSPS) is 11.7. The van der Waals surface area contributed by atoms with Crippen molar-refractivity contribution in [3.63, 3.8) is 0 Å². The number of imidazole rings is 1. The van der Waals surface area contributed by atoms with E-state index < -0.39 is 6.03 Å². The molecule has 1 aromatic heterocycles. The maximum Gasteiger partial charge on any atom is 0.312 e. The quantitative estimate of drug-likeness (QED) is 0.253. The Bertz CT molecular complexity index is 991. The topological polar surface area (TPSA) is 85.4 Å². The van der Waals surface area contributed by atoms with Gasteiger partial charge in [0, 0.05) is 50.4 Å². The highest BCUT2D eigenvalue weighted by Gasteiger charge is 2.21. The summed E-state index contributed by atoms with van der Waals surface area (Å²) >= 11 is 1.61. The number of rotatable bonds is 7. The zero-order valence-electron chi connectivity index (χ0n) is 28.5. The maximum atomic E-state index is 10.9. The number of benzene rings is 1. The Morgan fingerprint density at radius 2 is 1.68 bits per heavy atom. The van der Waals surface area contributed by atoms with Crippen molar-refractivity contribution in [1.29, 1.82) is 0 Å². The Labute approximate surface area is 251 Å². The molecule has 2 rings (SSSR count). The molecule has 0 radical (unpaired) electrons. The van der Waals surface area contributed by atoms with Crippen LogP contribution in [0.4, 0.5) is 10.5 Å². The monoisotopic (exact) mass is 579 g/mol. The molecule has 0 aliphatic carbocycles. The number of aromatic nitrogens is 2. The van der Waals surface area contributed by atoms with E-state index in [0.717, 1.165) is 33.4 Å². The van der Waals surface area contributed by atoms with E-state index in [1.165, 1.54) is 6.42 Å². The lowest BCUT2D eigenvalue weighted by molar-refractivity contribution is 0.247. The van der Waals surface area contributed by atoms with Crippen LogP contribution in [0.2, 0.25) is 0 Å². The van der Waals surface area contributed by atoms with Crippen LogP contribution in [0.1, 0.15) is 95.3 Å². The summed E-state index contributed by atoms with van der Waals surface area (Å²) in [5, 5.41) is 2.64. The number of primary amides is 1. The highest BCUT2D eigenvalue weighted by Crippen LogP contribution is 2.31. The fourth-order valence-corrected chi connectivity index (χ4v) is 3.74. The fraction of sp³-hybridized carbons (Fsp3) is 0.625. The largest absolute Gasteiger partial charge is 0.388 e. The summed E-state index contributed by atoms with van der Waals surface area (Å²) in [7, 11) is 7.35. The zero-order chi connectivity index (χ0) is 32.1. The van der Waals surface area contributed by atoms with Gasteiger partial charge in [0.1, 0.15) is 5.82 Å². The molecule has 0 saturated heterocycles. The highest BCUT2D eigenvalue weighted by atomic mass is 32.2.